The molecule has 0 fully saturated rings. The zero-order valence-electron chi connectivity index (χ0n) is 21.9. The second kappa shape index (κ2) is 12.3. The van der Waals surface area contributed by atoms with Gasteiger partial charge in [-0.25, -0.2) is 0 Å². The van der Waals surface area contributed by atoms with Crippen molar-refractivity contribution in [3.05, 3.63) is 65.7 Å². The number of rotatable bonds is 12. The van der Waals surface area contributed by atoms with Crippen molar-refractivity contribution in [1.82, 2.24) is 15.0 Å². The molecule has 0 unspecified atom stereocenters. The Morgan fingerprint density at radius 1 is 0.811 bits per heavy atom. The van der Waals surface area contributed by atoms with E-state index in [2.05, 4.69) is 34.6 Å². The predicted octanol–water partition coefficient (Wildman–Crippen LogP) is 6.21. The molecule has 3 aromatic carbocycles. The van der Waals surface area contributed by atoms with E-state index in [0.29, 0.717) is 53.8 Å². The number of aryl methyl sites for hydroxylation is 1. The topological polar surface area (TPSA) is 87.5 Å². The van der Waals surface area contributed by atoms with Gasteiger partial charge in [-0.3, -0.25) is 4.79 Å². The van der Waals surface area contributed by atoms with Crippen molar-refractivity contribution in [2.24, 2.45) is 0 Å². The van der Waals surface area contributed by atoms with Crippen LogP contribution in [0.15, 0.2) is 54.6 Å². The number of aromatic nitrogens is 3. The number of nitrogens with one attached hydrogen (secondary N) is 1. The van der Waals surface area contributed by atoms with Gasteiger partial charge in [-0.1, -0.05) is 25.5 Å². The quantitative estimate of drug-likeness (QED) is 0.248. The summed E-state index contributed by atoms with van der Waals surface area (Å²) in [5, 5.41) is 12.2. The lowest BCUT2D eigenvalue weighted by molar-refractivity contribution is 0.102. The Bertz CT molecular complexity index is 1320. The summed E-state index contributed by atoms with van der Waals surface area (Å²) in [6.07, 6.45) is 3.42. The highest BCUT2D eigenvalue weighted by Gasteiger charge is 2.19. The van der Waals surface area contributed by atoms with Crippen molar-refractivity contribution in [2.75, 3.05) is 25.1 Å². The third-order valence-corrected chi connectivity index (χ3v) is 5.80. The van der Waals surface area contributed by atoms with Crippen LogP contribution in [-0.4, -0.2) is 40.7 Å². The molecule has 37 heavy (non-hydrogen) atoms. The van der Waals surface area contributed by atoms with Crippen molar-refractivity contribution in [2.45, 2.75) is 47.0 Å². The van der Waals surface area contributed by atoms with Gasteiger partial charge in [0.25, 0.3) is 5.91 Å². The van der Waals surface area contributed by atoms with Crippen molar-refractivity contribution in [1.29, 1.82) is 0 Å². The molecule has 4 rings (SSSR count). The Hall–Kier alpha value is -4.07. The number of amides is 1. The Morgan fingerprint density at radius 2 is 1.46 bits per heavy atom. The SMILES string of the molecule is CCCCc1ccc(-n2nc3ccc(NC(=O)c4cc(OCC)c(OCC)c(OCC)c4)cc3n2)cc1. The first-order valence-electron chi connectivity index (χ1n) is 12.9. The number of hydrogen-bond donors (Lipinski definition) is 1. The summed E-state index contributed by atoms with van der Waals surface area (Å²) in [4.78, 5) is 14.8. The third-order valence-electron chi connectivity index (χ3n) is 5.80. The predicted molar refractivity (Wildman–Crippen MR) is 145 cm³/mol. The number of carbonyl (C=O) groups is 1. The summed E-state index contributed by atoms with van der Waals surface area (Å²) >= 11 is 0. The van der Waals surface area contributed by atoms with Gasteiger partial charge in [0.2, 0.25) is 5.75 Å². The summed E-state index contributed by atoms with van der Waals surface area (Å²) in [6, 6.07) is 17.1. The van der Waals surface area contributed by atoms with Gasteiger partial charge in [-0.2, -0.15) is 4.80 Å². The van der Waals surface area contributed by atoms with Crippen molar-refractivity contribution < 1.29 is 19.0 Å². The minimum Gasteiger partial charge on any atom is -0.490 e. The van der Waals surface area contributed by atoms with Crippen molar-refractivity contribution in [3.8, 4) is 22.9 Å². The molecule has 0 aliphatic rings. The van der Waals surface area contributed by atoms with Crippen LogP contribution in [0.1, 0.15) is 56.5 Å². The number of anilines is 1. The van der Waals surface area contributed by atoms with Gasteiger partial charge in [0, 0.05) is 11.3 Å². The number of fused-ring (bicyclic) bond motifs is 1. The summed E-state index contributed by atoms with van der Waals surface area (Å²) in [6.45, 7) is 9.17. The van der Waals surface area contributed by atoms with E-state index in [0.717, 1.165) is 17.6 Å². The average Bonchev–Trinajstić information content (AvgIpc) is 3.33. The molecule has 1 N–H and O–H groups in total. The minimum atomic E-state index is -0.292. The Morgan fingerprint density at radius 3 is 2.08 bits per heavy atom. The van der Waals surface area contributed by atoms with Crippen LogP contribution >= 0.6 is 0 Å². The van der Waals surface area contributed by atoms with Gasteiger partial charge in [0.1, 0.15) is 11.0 Å². The molecule has 0 spiro atoms. The molecule has 1 heterocycles. The summed E-state index contributed by atoms with van der Waals surface area (Å²) in [5.74, 6) is 1.15. The normalized spacial score (nSPS) is 10.9. The summed E-state index contributed by atoms with van der Waals surface area (Å²) < 4.78 is 17.2. The van der Waals surface area contributed by atoms with Crippen LogP contribution in [0.2, 0.25) is 0 Å². The van der Waals surface area contributed by atoms with Crippen LogP contribution < -0.4 is 19.5 Å². The lowest BCUT2D eigenvalue weighted by Crippen LogP contribution is -2.13. The van der Waals surface area contributed by atoms with Crippen molar-refractivity contribution in [3.63, 3.8) is 0 Å². The molecule has 8 nitrogen and oxygen atoms in total. The van der Waals surface area contributed by atoms with E-state index in [1.54, 1.807) is 16.9 Å². The maximum atomic E-state index is 13.2. The lowest BCUT2D eigenvalue weighted by atomic mass is 10.1. The van der Waals surface area contributed by atoms with E-state index in [1.165, 1.54) is 18.4 Å². The largest absolute Gasteiger partial charge is 0.490 e. The first kappa shape index (κ1) is 26.0. The van der Waals surface area contributed by atoms with Gasteiger partial charge >= 0.3 is 0 Å². The number of nitrogens with zero attached hydrogens (tertiary/aromatic N) is 3. The fourth-order valence-electron chi connectivity index (χ4n) is 4.01. The molecule has 8 heteroatoms. The summed E-state index contributed by atoms with van der Waals surface area (Å²) in [7, 11) is 0. The van der Waals surface area contributed by atoms with E-state index < -0.39 is 0 Å². The Kier molecular flexibility index (Phi) is 8.61. The Labute approximate surface area is 217 Å². The monoisotopic (exact) mass is 502 g/mol. The van der Waals surface area contributed by atoms with E-state index in [-0.39, 0.29) is 5.91 Å². The molecule has 0 aliphatic heterocycles. The molecule has 4 aromatic rings. The van der Waals surface area contributed by atoms with Gasteiger partial charge in [-0.05, 0) is 81.6 Å². The molecule has 194 valence electrons. The van der Waals surface area contributed by atoms with Gasteiger partial charge in [0.15, 0.2) is 11.5 Å². The molecular weight excluding hydrogens is 468 g/mol. The molecule has 1 amide bonds. The highest BCUT2D eigenvalue weighted by atomic mass is 16.5. The fraction of sp³-hybridized carbons (Fsp3) is 0.345. The minimum absolute atomic E-state index is 0.292. The van der Waals surface area contributed by atoms with E-state index in [4.69, 9.17) is 14.2 Å². The highest BCUT2D eigenvalue weighted by molar-refractivity contribution is 6.05. The molecule has 0 saturated heterocycles. The number of ether oxygens (including phenoxy) is 3. The van der Waals surface area contributed by atoms with Crippen LogP contribution in [0.3, 0.4) is 0 Å². The molecule has 0 bridgehead atoms. The van der Waals surface area contributed by atoms with Crippen LogP contribution in [-0.2, 0) is 6.42 Å². The highest BCUT2D eigenvalue weighted by Crippen LogP contribution is 2.39. The smallest absolute Gasteiger partial charge is 0.255 e. The molecular formula is C29H34N4O4. The number of benzene rings is 3. The maximum Gasteiger partial charge on any atom is 0.255 e. The molecule has 0 radical (unpaired) electrons. The van der Waals surface area contributed by atoms with Gasteiger partial charge in [0.05, 0.1) is 25.5 Å². The zero-order chi connectivity index (χ0) is 26.2. The molecule has 0 atom stereocenters. The average molecular weight is 503 g/mol. The maximum absolute atomic E-state index is 13.2. The molecule has 0 saturated carbocycles. The van der Waals surface area contributed by atoms with Crippen LogP contribution in [0.4, 0.5) is 5.69 Å². The second-order valence-electron chi connectivity index (χ2n) is 8.52. The number of unbranched alkanes of at least 4 members (excludes halogenated alkanes) is 1. The fourth-order valence-corrected chi connectivity index (χ4v) is 4.01. The van der Waals surface area contributed by atoms with E-state index in [9.17, 15) is 4.79 Å². The standard InChI is InChI=1S/C29H34N4O4/c1-5-9-10-20-11-14-23(15-12-20)33-31-24-16-13-22(19-25(24)32-33)30-29(34)21-17-26(35-6-2)28(37-8-4)27(18-21)36-7-3/h11-19H,5-10H2,1-4H3,(H,30,34). The Balaban J connectivity index is 1.56. The molecule has 0 aliphatic carbocycles. The van der Waals surface area contributed by atoms with Crippen LogP contribution in [0, 0.1) is 0 Å². The lowest BCUT2D eigenvalue weighted by Gasteiger charge is -2.17. The first-order valence-corrected chi connectivity index (χ1v) is 12.9. The van der Waals surface area contributed by atoms with Crippen LogP contribution in [0.5, 0.6) is 17.2 Å². The van der Waals surface area contributed by atoms with E-state index in [1.807, 2.05) is 51.1 Å². The zero-order valence-corrected chi connectivity index (χ0v) is 21.9. The van der Waals surface area contributed by atoms with Crippen LogP contribution in [0.25, 0.3) is 16.7 Å². The number of carbonyl (C=O) groups excluding carboxylic acids is 1. The third kappa shape index (κ3) is 6.20. The number of hydrogen-bond acceptors (Lipinski definition) is 6. The van der Waals surface area contributed by atoms with Crippen molar-refractivity contribution >= 4 is 22.6 Å². The van der Waals surface area contributed by atoms with Gasteiger partial charge < -0.3 is 19.5 Å². The first-order chi connectivity index (χ1) is 18.1. The second-order valence-corrected chi connectivity index (χ2v) is 8.52. The van der Waals surface area contributed by atoms with E-state index >= 15 is 0 Å². The molecule has 1 aromatic heterocycles. The van der Waals surface area contributed by atoms with Gasteiger partial charge in [-0.15, -0.1) is 10.2 Å². The summed E-state index contributed by atoms with van der Waals surface area (Å²) in [5.41, 5.74) is 4.65.